The van der Waals surface area contributed by atoms with Crippen LogP contribution in [0.15, 0.2) is 206 Å². The van der Waals surface area contributed by atoms with E-state index in [-0.39, 0.29) is 0 Å². The molecule has 10 aromatic carbocycles. The summed E-state index contributed by atoms with van der Waals surface area (Å²) in [6.07, 6.45) is 0. The van der Waals surface area contributed by atoms with Gasteiger partial charge in [0.15, 0.2) is 0 Å². The lowest BCUT2D eigenvalue weighted by Crippen LogP contribution is -1.98. The molecule has 0 fully saturated rings. The smallest absolute Gasteiger partial charge is 0.0973 e. The van der Waals surface area contributed by atoms with Crippen LogP contribution in [0.5, 0.6) is 0 Å². The third-order valence-corrected chi connectivity index (χ3v) is 12.4. The van der Waals surface area contributed by atoms with Gasteiger partial charge in [-0.15, -0.1) is 0 Å². The lowest BCUT2D eigenvalue weighted by Gasteiger charge is -2.15. The summed E-state index contributed by atoms with van der Waals surface area (Å²) >= 11 is 0. The van der Waals surface area contributed by atoms with Gasteiger partial charge in [0.1, 0.15) is 0 Å². The maximum atomic E-state index is 5.34. The number of para-hydroxylation sites is 5. The molecule has 13 aromatic rings. The molecule has 3 aromatic heterocycles. The van der Waals surface area contributed by atoms with Crippen molar-refractivity contribution in [1.82, 2.24) is 19.1 Å². The van der Waals surface area contributed by atoms with Gasteiger partial charge in [0.2, 0.25) is 0 Å². The first-order valence-corrected chi connectivity index (χ1v) is 20.5. The highest BCUT2D eigenvalue weighted by Crippen LogP contribution is 2.41. The van der Waals surface area contributed by atoms with Crippen molar-refractivity contribution < 1.29 is 0 Å². The molecule has 0 amide bonds. The Kier molecular flexibility index (Phi) is 6.98. The van der Waals surface area contributed by atoms with Crippen molar-refractivity contribution in [3.05, 3.63) is 206 Å². The lowest BCUT2D eigenvalue weighted by atomic mass is 9.97. The molecule has 0 N–H and O–H groups in total. The summed E-state index contributed by atoms with van der Waals surface area (Å²) in [4.78, 5) is 10.7. The first-order valence-electron chi connectivity index (χ1n) is 20.5. The third kappa shape index (κ3) is 4.85. The lowest BCUT2D eigenvalue weighted by molar-refractivity contribution is 1.18. The third-order valence-electron chi connectivity index (χ3n) is 12.4. The fraction of sp³-hybridized carbons (Fsp3) is 0. The topological polar surface area (TPSA) is 35.6 Å². The van der Waals surface area contributed by atoms with Crippen LogP contribution in [0.3, 0.4) is 0 Å². The summed E-state index contributed by atoms with van der Waals surface area (Å²) in [5.41, 5.74) is 12.5. The summed E-state index contributed by atoms with van der Waals surface area (Å²) < 4.78 is 4.84. The number of hydrogen-bond donors (Lipinski definition) is 0. The van der Waals surface area contributed by atoms with E-state index in [9.17, 15) is 0 Å². The maximum Gasteiger partial charge on any atom is 0.0973 e. The average molecular weight is 763 g/mol. The number of aromatic nitrogens is 4. The van der Waals surface area contributed by atoms with Crippen molar-refractivity contribution in [1.29, 1.82) is 0 Å². The molecular formula is C56H34N4. The predicted octanol–water partition coefficient (Wildman–Crippen LogP) is 14.6. The van der Waals surface area contributed by atoms with Gasteiger partial charge in [0.25, 0.3) is 0 Å². The molecule has 4 nitrogen and oxygen atoms in total. The van der Waals surface area contributed by atoms with Gasteiger partial charge < -0.3 is 9.13 Å². The highest BCUT2D eigenvalue weighted by Gasteiger charge is 2.20. The highest BCUT2D eigenvalue weighted by molar-refractivity contribution is 6.16. The normalized spacial score (nSPS) is 12.0. The number of hydrogen-bond acceptors (Lipinski definition) is 2. The Morgan fingerprint density at radius 2 is 0.817 bits per heavy atom. The fourth-order valence-corrected chi connectivity index (χ4v) is 9.73. The summed E-state index contributed by atoms with van der Waals surface area (Å²) in [7, 11) is 0. The van der Waals surface area contributed by atoms with Crippen LogP contribution in [0.1, 0.15) is 0 Å². The van der Waals surface area contributed by atoms with E-state index in [2.05, 4.69) is 203 Å². The fourth-order valence-electron chi connectivity index (χ4n) is 9.73. The molecule has 0 bridgehead atoms. The Balaban J connectivity index is 1.02. The van der Waals surface area contributed by atoms with Crippen molar-refractivity contribution in [2.45, 2.75) is 0 Å². The Morgan fingerprint density at radius 1 is 0.283 bits per heavy atom. The van der Waals surface area contributed by atoms with Gasteiger partial charge in [-0.3, -0.25) is 0 Å². The van der Waals surface area contributed by atoms with Gasteiger partial charge in [-0.2, -0.15) is 0 Å². The Morgan fingerprint density at radius 3 is 1.55 bits per heavy atom. The quantitative estimate of drug-likeness (QED) is 0.167. The van der Waals surface area contributed by atoms with Crippen LogP contribution in [0, 0.1) is 0 Å². The van der Waals surface area contributed by atoms with Crippen molar-refractivity contribution >= 4 is 87.0 Å². The van der Waals surface area contributed by atoms with Crippen molar-refractivity contribution in [2.24, 2.45) is 0 Å². The van der Waals surface area contributed by atoms with Crippen LogP contribution in [0.25, 0.3) is 121 Å². The molecule has 0 spiro atoms. The monoisotopic (exact) mass is 762 g/mol. The molecule has 0 saturated carbocycles. The van der Waals surface area contributed by atoms with E-state index < -0.39 is 0 Å². The van der Waals surface area contributed by atoms with E-state index in [0.717, 1.165) is 50.3 Å². The summed E-state index contributed by atoms with van der Waals surface area (Å²) in [5, 5.41) is 12.3. The Labute approximate surface area is 344 Å². The Bertz CT molecular complexity index is 3850. The molecule has 0 aliphatic carbocycles. The molecule has 13 rings (SSSR count). The molecule has 4 heteroatoms. The van der Waals surface area contributed by atoms with E-state index in [4.69, 9.17) is 9.97 Å². The van der Waals surface area contributed by atoms with Gasteiger partial charge >= 0.3 is 0 Å². The van der Waals surface area contributed by atoms with Gasteiger partial charge in [-0.1, -0.05) is 140 Å². The minimum Gasteiger partial charge on any atom is -0.309 e. The zero-order valence-corrected chi connectivity index (χ0v) is 32.4. The van der Waals surface area contributed by atoms with E-state index in [0.29, 0.717) is 0 Å². The number of fused-ring (bicyclic) bond motifs is 11. The number of rotatable bonds is 4. The van der Waals surface area contributed by atoms with Crippen molar-refractivity contribution in [3.63, 3.8) is 0 Å². The van der Waals surface area contributed by atoms with E-state index in [1.165, 1.54) is 70.6 Å². The molecule has 0 aliphatic rings. The molecule has 3 heterocycles. The first-order chi connectivity index (χ1) is 29.7. The molecular weight excluding hydrogens is 729 g/mol. The summed E-state index contributed by atoms with van der Waals surface area (Å²) in [6.45, 7) is 0. The van der Waals surface area contributed by atoms with Gasteiger partial charge in [-0.25, -0.2) is 9.97 Å². The Hall–Kier alpha value is -8.08. The van der Waals surface area contributed by atoms with E-state index in [1.54, 1.807) is 0 Å². The number of nitrogens with zero attached hydrogens (tertiary/aromatic N) is 4. The minimum atomic E-state index is 0.859. The maximum absolute atomic E-state index is 5.34. The summed E-state index contributed by atoms with van der Waals surface area (Å²) in [5.74, 6) is 0. The minimum absolute atomic E-state index is 0.859. The second kappa shape index (κ2) is 12.7. The molecule has 60 heavy (non-hydrogen) atoms. The van der Waals surface area contributed by atoms with Crippen LogP contribution in [-0.4, -0.2) is 19.1 Å². The largest absolute Gasteiger partial charge is 0.309 e. The average Bonchev–Trinajstić information content (AvgIpc) is 3.82. The number of benzene rings is 10. The van der Waals surface area contributed by atoms with Crippen molar-refractivity contribution in [3.8, 4) is 33.9 Å². The molecule has 0 atom stereocenters. The van der Waals surface area contributed by atoms with Crippen molar-refractivity contribution in [2.75, 3.05) is 0 Å². The SMILES string of the molecule is c1cc(-c2nc3ccccc3nc2-c2ccc3c(ccc4ccccc43)c2)cc(-n2c3ccccc3c3cc4c(-n5c6ccccc6c6ccccc65)cccc4cc32)c1. The molecule has 0 unspecified atom stereocenters. The molecule has 0 saturated heterocycles. The van der Waals surface area contributed by atoms with Crippen LogP contribution >= 0.6 is 0 Å². The van der Waals surface area contributed by atoms with Gasteiger partial charge in [0.05, 0.1) is 50.2 Å². The zero-order chi connectivity index (χ0) is 39.3. The van der Waals surface area contributed by atoms with Gasteiger partial charge in [-0.05, 0) is 93.7 Å². The second-order valence-corrected chi connectivity index (χ2v) is 15.8. The van der Waals surface area contributed by atoms with E-state index in [1.807, 2.05) is 12.1 Å². The van der Waals surface area contributed by atoms with Crippen LogP contribution in [0.2, 0.25) is 0 Å². The standard InChI is InChI=1S/C56H34N4/c1-2-17-41-35(13-1)27-28-37-31-39(29-30-42(37)41)56-55(57-48-21-6-7-22-49(48)58-56)38-15-11-16-40(32-38)59-50-23-8-5-20-45(50)47-34-46-36(33-54(47)59)14-12-26-53(46)60-51-24-9-3-18-43(51)44-19-4-10-25-52(44)60/h1-34H. The zero-order valence-electron chi connectivity index (χ0n) is 32.4. The summed E-state index contributed by atoms with van der Waals surface area (Å²) in [6, 6.07) is 74.4. The van der Waals surface area contributed by atoms with E-state index >= 15 is 0 Å². The first kappa shape index (κ1) is 32.9. The van der Waals surface area contributed by atoms with Crippen LogP contribution in [-0.2, 0) is 0 Å². The molecule has 0 radical (unpaired) electrons. The highest BCUT2D eigenvalue weighted by atomic mass is 15.0. The van der Waals surface area contributed by atoms with Crippen LogP contribution in [0.4, 0.5) is 0 Å². The second-order valence-electron chi connectivity index (χ2n) is 15.8. The molecule has 278 valence electrons. The van der Waals surface area contributed by atoms with Crippen LogP contribution < -0.4 is 0 Å². The predicted molar refractivity (Wildman–Crippen MR) is 252 cm³/mol. The van der Waals surface area contributed by atoms with Gasteiger partial charge in [0, 0.05) is 43.7 Å². The molecule has 0 aliphatic heterocycles.